The second-order valence-electron chi connectivity index (χ2n) is 5.21. The standard InChI is InChI=1S/C13H26N5O3P/c1-7-20-22(19,21-8-2)13-17-11(14-9(3)4)16-12(18-13)15-10(5)6/h9-10H,7-8H2,1-6H3,(H2,14,15,16,17,18). The Morgan fingerprint density at radius 1 is 0.909 bits per heavy atom. The molecule has 0 aliphatic heterocycles. The summed E-state index contributed by atoms with van der Waals surface area (Å²) >= 11 is 0. The molecule has 0 aromatic carbocycles. The van der Waals surface area contributed by atoms with E-state index in [1.54, 1.807) is 13.8 Å². The van der Waals surface area contributed by atoms with Crippen LogP contribution >= 0.6 is 7.60 Å². The average molecular weight is 331 g/mol. The van der Waals surface area contributed by atoms with Crippen LogP contribution < -0.4 is 16.2 Å². The van der Waals surface area contributed by atoms with Gasteiger partial charge in [0.25, 0.3) is 0 Å². The highest BCUT2D eigenvalue weighted by molar-refractivity contribution is 7.61. The minimum atomic E-state index is -3.55. The second-order valence-corrected chi connectivity index (χ2v) is 7.13. The number of nitrogens with one attached hydrogen (secondary N) is 2. The summed E-state index contributed by atoms with van der Waals surface area (Å²) in [5.41, 5.74) is 0.0116. The van der Waals surface area contributed by atoms with Crippen molar-refractivity contribution in [1.29, 1.82) is 0 Å². The minimum absolute atomic E-state index is 0.0116. The topological polar surface area (TPSA) is 98.3 Å². The molecule has 1 heterocycles. The fourth-order valence-corrected chi connectivity index (χ4v) is 3.05. The highest BCUT2D eigenvalue weighted by Crippen LogP contribution is 2.45. The number of hydrogen-bond acceptors (Lipinski definition) is 8. The molecule has 2 N–H and O–H groups in total. The monoisotopic (exact) mass is 331 g/mol. The number of anilines is 2. The van der Waals surface area contributed by atoms with Crippen LogP contribution in [0.4, 0.5) is 11.9 Å². The van der Waals surface area contributed by atoms with Gasteiger partial charge < -0.3 is 19.7 Å². The first-order chi connectivity index (χ1) is 10.3. The second kappa shape index (κ2) is 8.41. The summed E-state index contributed by atoms with van der Waals surface area (Å²) < 4.78 is 23.4. The zero-order chi connectivity index (χ0) is 16.8. The third-order valence-corrected chi connectivity index (χ3v) is 4.19. The van der Waals surface area contributed by atoms with Crippen molar-refractivity contribution in [2.24, 2.45) is 0 Å². The maximum atomic E-state index is 12.8. The summed E-state index contributed by atoms with van der Waals surface area (Å²) in [6, 6.07) is 0.251. The molecule has 8 nitrogen and oxygen atoms in total. The van der Waals surface area contributed by atoms with Crippen LogP contribution in [-0.4, -0.2) is 40.2 Å². The third kappa shape index (κ3) is 5.51. The summed E-state index contributed by atoms with van der Waals surface area (Å²) in [6.45, 7) is 11.8. The van der Waals surface area contributed by atoms with Crippen molar-refractivity contribution in [1.82, 2.24) is 15.0 Å². The predicted octanol–water partition coefficient (Wildman–Crippen LogP) is 2.40. The van der Waals surface area contributed by atoms with Gasteiger partial charge in [-0.05, 0) is 41.5 Å². The zero-order valence-corrected chi connectivity index (χ0v) is 15.0. The van der Waals surface area contributed by atoms with E-state index >= 15 is 0 Å². The normalized spacial score (nSPS) is 12.0. The molecule has 0 aliphatic rings. The number of nitrogens with zero attached hydrogens (tertiary/aromatic N) is 3. The minimum Gasteiger partial charge on any atom is -0.352 e. The molecular weight excluding hydrogens is 305 g/mol. The van der Waals surface area contributed by atoms with Gasteiger partial charge in [0, 0.05) is 12.1 Å². The molecule has 0 saturated carbocycles. The van der Waals surface area contributed by atoms with E-state index in [1.807, 2.05) is 27.7 Å². The first-order valence-electron chi connectivity index (χ1n) is 7.49. The average Bonchev–Trinajstić information content (AvgIpc) is 2.37. The quantitative estimate of drug-likeness (QED) is 0.666. The van der Waals surface area contributed by atoms with Crippen LogP contribution in [0.3, 0.4) is 0 Å². The summed E-state index contributed by atoms with van der Waals surface area (Å²) in [5, 5.41) is 6.16. The molecule has 0 radical (unpaired) electrons. The van der Waals surface area contributed by atoms with Crippen LogP contribution in [0.5, 0.6) is 0 Å². The first-order valence-corrected chi connectivity index (χ1v) is 9.03. The summed E-state index contributed by atoms with van der Waals surface area (Å²) in [7, 11) is -3.55. The van der Waals surface area contributed by atoms with Gasteiger partial charge in [-0.2, -0.15) is 15.0 Å². The molecule has 0 unspecified atom stereocenters. The smallest absolute Gasteiger partial charge is 0.352 e. The van der Waals surface area contributed by atoms with Crippen LogP contribution in [-0.2, 0) is 13.6 Å². The Morgan fingerprint density at radius 3 is 1.64 bits per heavy atom. The molecule has 126 valence electrons. The molecule has 0 bridgehead atoms. The van der Waals surface area contributed by atoms with E-state index in [9.17, 15) is 4.57 Å². The molecule has 0 aliphatic carbocycles. The largest absolute Gasteiger partial charge is 0.398 e. The highest BCUT2D eigenvalue weighted by Gasteiger charge is 2.32. The Morgan fingerprint density at radius 2 is 1.32 bits per heavy atom. The zero-order valence-electron chi connectivity index (χ0n) is 14.1. The lowest BCUT2D eigenvalue weighted by atomic mass is 10.4. The van der Waals surface area contributed by atoms with Crippen LogP contribution in [0, 0.1) is 0 Å². The lowest BCUT2D eigenvalue weighted by molar-refractivity contribution is 0.228. The van der Waals surface area contributed by atoms with Crippen molar-refractivity contribution in [3.05, 3.63) is 0 Å². The molecule has 1 rings (SSSR count). The number of aromatic nitrogens is 3. The van der Waals surface area contributed by atoms with Gasteiger partial charge in [0.05, 0.1) is 13.2 Å². The van der Waals surface area contributed by atoms with Gasteiger partial charge in [-0.25, -0.2) is 0 Å². The van der Waals surface area contributed by atoms with E-state index in [0.29, 0.717) is 11.9 Å². The molecule has 0 atom stereocenters. The molecule has 0 spiro atoms. The third-order valence-electron chi connectivity index (χ3n) is 2.30. The Bertz CT molecular complexity index is 486. The Balaban J connectivity index is 3.27. The van der Waals surface area contributed by atoms with Crippen molar-refractivity contribution in [3.8, 4) is 0 Å². The van der Waals surface area contributed by atoms with Crippen molar-refractivity contribution >= 4 is 25.1 Å². The van der Waals surface area contributed by atoms with Gasteiger partial charge in [-0.15, -0.1) is 0 Å². The van der Waals surface area contributed by atoms with Crippen molar-refractivity contribution in [3.63, 3.8) is 0 Å². The fourth-order valence-electron chi connectivity index (χ4n) is 1.63. The lowest BCUT2D eigenvalue weighted by Crippen LogP contribution is -2.25. The maximum absolute atomic E-state index is 12.8. The summed E-state index contributed by atoms with van der Waals surface area (Å²) in [4.78, 5) is 12.7. The van der Waals surface area contributed by atoms with E-state index in [0.717, 1.165) is 0 Å². The van der Waals surface area contributed by atoms with E-state index in [2.05, 4.69) is 25.6 Å². The van der Waals surface area contributed by atoms with E-state index in [-0.39, 0.29) is 30.9 Å². The molecule has 1 aromatic rings. The number of hydrogen-bond donors (Lipinski definition) is 2. The number of rotatable bonds is 9. The molecule has 0 saturated heterocycles. The summed E-state index contributed by atoms with van der Waals surface area (Å²) in [6.07, 6.45) is 0. The van der Waals surface area contributed by atoms with Gasteiger partial charge >= 0.3 is 7.60 Å². The highest BCUT2D eigenvalue weighted by atomic mass is 31.2. The Hall–Kier alpha value is -1.24. The van der Waals surface area contributed by atoms with Gasteiger partial charge in [0.15, 0.2) is 0 Å². The molecule has 0 amide bonds. The van der Waals surface area contributed by atoms with E-state index < -0.39 is 7.60 Å². The van der Waals surface area contributed by atoms with Crippen LogP contribution in [0.15, 0.2) is 0 Å². The SMILES string of the molecule is CCOP(=O)(OCC)c1nc(NC(C)C)nc(NC(C)C)n1. The van der Waals surface area contributed by atoms with Crippen LogP contribution in [0.2, 0.25) is 0 Å². The van der Waals surface area contributed by atoms with E-state index in [4.69, 9.17) is 9.05 Å². The van der Waals surface area contributed by atoms with Gasteiger partial charge in [-0.1, -0.05) is 0 Å². The van der Waals surface area contributed by atoms with Crippen molar-refractivity contribution < 1.29 is 13.6 Å². The molecule has 1 aromatic heterocycles. The fraction of sp³-hybridized carbons (Fsp3) is 0.769. The van der Waals surface area contributed by atoms with Gasteiger partial charge in [-0.3, -0.25) is 4.57 Å². The van der Waals surface area contributed by atoms with E-state index in [1.165, 1.54) is 0 Å². The Kier molecular flexibility index (Phi) is 7.19. The van der Waals surface area contributed by atoms with Crippen molar-refractivity contribution in [2.75, 3.05) is 23.8 Å². The first kappa shape index (κ1) is 18.8. The van der Waals surface area contributed by atoms with Gasteiger partial charge in [0.2, 0.25) is 17.5 Å². The maximum Gasteiger partial charge on any atom is 0.398 e. The Labute approximate surface area is 132 Å². The lowest BCUT2D eigenvalue weighted by Gasteiger charge is -2.18. The molecule has 9 heteroatoms. The van der Waals surface area contributed by atoms with Crippen LogP contribution in [0.25, 0.3) is 0 Å². The molecular formula is C13H26N5O3P. The predicted molar refractivity (Wildman–Crippen MR) is 87.8 cm³/mol. The van der Waals surface area contributed by atoms with Crippen molar-refractivity contribution in [2.45, 2.75) is 53.6 Å². The van der Waals surface area contributed by atoms with Crippen LogP contribution in [0.1, 0.15) is 41.5 Å². The van der Waals surface area contributed by atoms with Gasteiger partial charge in [0.1, 0.15) is 0 Å². The summed E-state index contributed by atoms with van der Waals surface area (Å²) in [5.74, 6) is 0.672. The molecule has 0 fully saturated rings. The molecule has 22 heavy (non-hydrogen) atoms.